The minimum Gasteiger partial charge on any atom is -0.333 e. The van der Waals surface area contributed by atoms with E-state index in [9.17, 15) is 13.2 Å². The number of hydrogen-bond acceptors (Lipinski definition) is 4. The van der Waals surface area contributed by atoms with Crippen molar-refractivity contribution in [2.24, 2.45) is 0 Å². The van der Waals surface area contributed by atoms with Crippen LogP contribution in [0.4, 0.5) is 4.79 Å². The van der Waals surface area contributed by atoms with Crippen LogP contribution in [0.25, 0.3) is 0 Å². The van der Waals surface area contributed by atoms with Gasteiger partial charge in [0.25, 0.3) is 0 Å². The Balaban J connectivity index is 1.79. The molecule has 8 heteroatoms. The van der Waals surface area contributed by atoms with Crippen molar-refractivity contribution >= 4 is 27.4 Å². The maximum atomic E-state index is 11.9. The minimum absolute atomic E-state index is 0.137. The van der Waals surface area contributed by atoms with E-state index in [1.807, 2.05) is 17.5 Å². The minimum atomic E-state index is -3.15. The van der Waals surface area contributed by atoms with Gasteiger partial charge in [-0.05, 0) is 11.4 Å². The van der Waals surface area contributed by atoms with E-state index in [4.69, 9.17) is 0 Å². The number of sulfonamides is 1. The summed E-state index contributed by atoms with van der Waals surface area (Å²) in [5.74, 6) is 0. The molecule has 0 spiro atoms. The number of nitrogens with one attached hydrogen (secondary N) is 1. The highest BCUT2D eigenvalue weighted by Crippen LogP contribution is 2.09. The molecular weight excluding hydrogens is 286 g/mol. The highest BCUT2D eigenvalue weighted by Gasteiger charge is 2.25. The second-order valence-corrected chi connectivity index (χ2v) is 7.40. The van der Waals surface area contributed by atoms with Gasteiger partial charge in [0.05, 0.1) is 12.8 Å². The lowest BCUT2D eigenvalue weighted by Gasteiger charge is -2.33. The first-order chi connectivity index (χ1) is 8.97. The van der Waals surface area contributed by atoms with E-state index in [0.717, 1.165) is 4.88 Å². The van der Waals surface area contributed by atoms with Crippen molar-refractivity contribution < 1.29 is 13.2 Å². The van der Waals surface area contributed by atoms with Crippen molar-refractivity contribution in [2.45, 2.75) is 6.54 Å². The van der Waals surface area contributed by atoms with Crippen LogP contribution < -0.4 is 5.32 Å². The van der Waals surface area contributed by atoms with Gasteiger partial charge in [-0.15, -0.1) is 11.3 Å². The highest BCUT2D eigenvalue weighted by molar-refractivity contribution is 7.88. The van der Waals surface area contributed by atoms with Crippen LogP contribution in [0.2, 0.25) is 0 Å². The molecular formula is C11H17N3O3S2. The molecule has 1 aliphatic heterocycles. The summed E-state index contributed by atoms with van der Waals surface area (Å²) in [6.07, 6.45) is 1.19. The molecule has 0 bridgehead atoms. The predicted octanol–water partition coefficient (Wildman–Crippen LogP) is 0.535. The Kier molecular flexibility index (Phi) is 4.43. The molecule has 2 rings (SSSR count). The highest BCUT2D eigenvalue weighted by atomic mass is 32.2. The molecule has 0 saturated carbocycles. The van der Waals surface area contributed by atoms with E-state index >= 15 is 0 Å². The molecule has 1 fully saturated rings. The number of urea groups is 1. The molecule has 2 heterocycles. The molecule has 106 valence electrons. The summed E-state index contributed by atoms with van der Waals surface area (Å²) >= 11 is 1.59. The third-order valence-electron chi connectivity index (χ3n) is 2.99. The maximum absolute atomic E-state index is 11.9. The number of nitrogens with zero attached hydrogens (tertiary/aromatic N) is 2. The second kappa shape index (κ2) is 5.89. The van der Waals surface area contributed by atoms with Crippen LogP contribution in [-0.2, 0) is 16.6 Å². The van der Waals surface area contributed by atoms with Crippen molar-refractivity contribution in [1.82, 2.24) is 14.5 Å². The van der Waals surface area contributed by atoms with E-state index in [1.54, 1.807) is 16.2 Å². The first kappa shape index (κ1) is 14.3. The van der Waals surface area contributed by atoms with Crippen LogP contribution in [0.3, 0.4) is 0 Å². The Morgan fingerprint density at radius 2 is 2.05 bits per heavy atom. The maximum Gasteiger partial charge on any atom is 0.317 e. The van der Waals surface area contributed by atoms with Crippen LogP contribution in [0, 0.1) is 0 Å². The van der Waals surface area contributed by atoms with Crippen LogP contribution in [0.5, 0.6) is 0 Å². The molecule has 0 atom stereocenters. The number of piperazine rings is 1. The molecule has 0 unspecified atom stereocenters. The van der Waals surface area contributed by atoms with Crippen molar-refractivity contribution in [1.29, 1.82) is 0 Å². The summed E-state index contributed by atoms with van der Waals surface area (Å²) in [6, 6.07) is 3.77. The number of thiophene rings is 1. The molecule has 0 aromatic carbocycles. The summed E-state index contributed by atoms with van der Waals surface area (Å²) in [5.41, 5.74) is 0. The van der Waals surface area contributed by atoms with Gasteiger partial charge in [0.15, 0.2) is 0 Å². The largest absolute Gasteiger partial charge is 0.333 e. The van der Waals surface area contributed by atoms with E-state index in [2.05, 4.69) is 5.32 Å². The number of rotatable bonds is 3. The van der Waals surface area contributed by atoms with Gasteiger partial charge in [0.1, 0.15) is 0 Å². The van der Waals surface area contributed by atoms with Gasteiger partial charge < -0.3 is 10.2 Å². The molecule has 1 N–H and O–H groups in total. The third kappa shape index (κ3) is 3.92. The SMILES string of the molecule is CS(=O)(=O)N1CCN(C(=O)NCc2cccs2)CC1. The van der Waals surface area contributed by atoms with Crippen LogP contribution in [0.1, 0.15) is 4.88 Å². The predicted molar refractivity (Wildman–Crippen MR) is 74.5 cm³/mol. The summed E-state index contributed by atoms with van der Waals surface area (Å²) in [5, 5.41) is 4.80. The van der Waals surface area contributed by atoms with Gasteiger partial charge in [-0.2, -0.15) is 4.31 Å². The van der Waals surface area contributed by atoms with E-state index in [1.165, 1.54) is 10.6 Å². The lowest BCUT2D eigenvalue weighted by atomic mass is 10.4. The summed E-state index contributed by atoms with van der Waals surface area (Å²) in [4.78, 5) is 14.6. The van der Waals surface area contributed by atoms with Crippen LogP contribution >= 0.6 is 11.3 Å². The average Bonchev–Trinajstić information content (AvgIpc) is 2.88. The quantitative estimate of drug-likeness (QED) is 0.886. The van der Waals surface area contributed by atoms with Crippen molar-refractivity contribution in [3.63, 3.8) is 0 Å². The first-order valence-electron chi connectivity index (χ1n) is 5.97. The van der Waals surface area contributed by atoms with E-state index in [-0.39, 0.29) is 6.03 Å². The first-order valence-corrected chi connectivity index (χ1v) is 8.70. The van der Waals surface area contributed by atoms with Gasteiger partial charge in [0, 0.05) is 31.1 Å². The second-order valence-electron chi connectivity index (χ2n) is 4.39. The van der Waals surface area contributed by atoms with Gasteiger partial charge in [-0.1, -0.05) is 6.07 Å². The summed E-state index contributed by atoms with van der Waals surface area (Å²) < 4.78 is 24.1. The fraction of sp³-hybridized carbons (Fsp3) is 0.545. The molecule has 1 aliphatic rings. The summed E-state index contributed by atoms with van der Waals surface area (Å²) in [7, 11) is -3.15. The number of carbonyl (C=O) groups excluding carboxylic acids is 1. The Hall–Kier alpha value is -1.12. The monoisotopic (exact) mass is 303 g/mol. The Labute approximate surface area is 117 Å². The lowest BCUT2D eigenvalue weighted by molar-refractivity contribution is 0.172. The van der Waals surface area contributed by atoms with Gasteiger partial charge in [-0.25, -0.2) is 13.2 Å². The Bertz CT molecular complexity index is 519. The Morgan fingerprint density at radius 1 is 1.37 bits per heavy atom. The normalized spacial score (nSPS) is 17.4. The van der Waals surface area contributed by atoms with E-state index < -0.39 is 10.0 Å². The fourth-order valence-electron chi connectivity index (χ4n) is 1.91. The van der Waals surface area contributed by atoms with Crippen LogP contribution in [-0.4, -0.2) is 56.1 Å². The Morgan fingerprint density at radius 3 is 2.58 bits per heavy atom. The molecule has 1 aromatic heterocycles. The lowest BCUT2D eigenvalue weighted by Crippen LogP contribution is -2.52. The fourth-order valence-corrected chi connectivity index (χ4v) is 3.38. The smallest absolute Gasteiger partial charge is 0.317 e. The topological polar surface area (TPSA) is 69.7 Å². The zero-order chi connectivity index (χ0) is 13.9. The number of amides is 2. The molecule has 1 aromatic rings. The van der Waals surface area contributed by atoms with Crippen LogP contribution in [0.15, 0.2) is 17.5 Å². The van der Waals surface area contributed by atoms with Crippen molar-refractivity contribution in [2.75, 3.05) is 32.4 Å². The van der Waals surface area contributed by atoms with Gasteiger partial charge in [0.2, 0.25) is 10.0 Å². The zero-order valence-corrected chi connectivity index (χ0v) is 12.3. The third-order valence-corrected chi connectivity index (χ3v) is 5.17. The average molecular weight is 303 g/mol. The van der Waals surface area contributed by atoms with Crippen molar-refractivity contribution in [3.8, 4) is 0 Å². The summed E-state index contributed by atoms with van der Waals surface area (Å²) in [6.45, 7) is 2.12. The van der Waals surface area contributed by atoms with E-state index in [0.29, 0.717) is 32.7 Å². The molecule has 6 nitrogen and oxygen atoms in total. The molecule has 1 saturated heterocycles. The number of hydrogen-bond donors (Lipinski definition) is 1. The molecule has 0 radical (unpaired) electrons. The van der Waals surface area contributed by atoms with Gasteiger partial charge >= 0.3 is 6.03 Å². The van der Waals surface area contributed by atoms with Gasteiger partial charge in [-0.3, -0.25) is 0 Å². The molecule has 19 heavy (non-hydrogen) atoms. The number of carbonyl (C=O) groups is 1. The molecule has 2 amide bonds. The van der Waals surface area contributed by atoms with Crippen molar-refractivity contribution in [3.05, 3.63) is 22.4 Å². The zero-order valence-electron chi connectivity index (χ0n) is 10.7. The molecule has 0 aliphatic carbocycles. The standard InChI is InChI=1S/C11H17N3O3S2/c1-19(16,17)14-6-4-13(5-7-14)11(15)12-9-10-3-2-8-18-10/h2-3,8H,4-7,9H2,1H3,(H,12,15).